The van der Waals surface area contributed by atoms with Crippen molar-refractivity contribution < 1.29 is 9.90 Å². The van der Waals surface area contributed by atoms with Gasteiger partial charge in [-0.3, -0.25) is 0 Å². The number of aryl methyl sites for hydroxylation is 1. The largest absolute Gasteiger partial charge is 0.478 e. The quantitative estimate of drug-likeness (QED) is 0.837. The average Bonchev–Trinajstić information content (AvgIpc) is 2.55. The number of nitrogens with zero attached hydrogens (tertiary/aromatic N) is 4. The zero-order valence-corrected chi connectivity index (χ0v) is 11.3. The average molecular weight is 344 g/mol. The third-order valence-electron chi connectivity index (χ3n) is 2.35. The lowest BCUT2D eigenvalue weighted by molar-refractivity contribution is 0.0695. The number of carbonyl (C=O) groups is 1. The maximum absolute atomic E-state index is 11.1. The molecule has 0 aliphatic heterocycles. The highest BCUT2D eigenvalue weighted by Gasteiger charge is 2.19. The Balaban J connectivity index is 2.66. The predicted molar refractivity (Wildman–Crippen MR) is 68.3 cm³/mol. The van der Waals surface area contributed by atoms with E-state index in [4.69, 9.17) is 5.11 Å². The summed E-state index contributed by atoms with van der Waals surface area (Å²) in [6.07, 6.45) is 3.06. The summed E-state index contributed by atoms with van der Waals surface area (Å²) in [6.45, 7) is 3.38. The van der Waals surface area contributed by atoms with E-state index in [0.717, 1.165) is 3.57 Å². The van der Waals surface area contributed by atoms with Crippen LogP contribution >= 0.6 is 22.6 Å². The molecule has 0 aliphatic carbocycles. The van der Waals surface area contributed by atoms with Crippen molar-refractivity contribution in [2.75, 3.05) is 0 Å². The van der Waals surface area contributed by atoms with Gasteiger partial charge in [-0.15, -0.1) is 0 Å². The number of halogens is 1. The third-order valence-corrected chi connectivity index (χ3v) is 3.11. The summed E-state index contributed by atoms with van der Waals surface area (Å²) < 4.78 is 2.34. The van der Waals surface area contributed by atoms with Crippen molar-refractivity contribution in [2.45, 2.75) is 13.8 Å². The number of hydrogen-bond donors (Lipinski definition) is 1. The highest BCUT2D eigenvalue weighted by Crippen LogP contribution is 2.19. The van der Waals surface area contributed by atoms with Crippen molar-refractivity contribution in [1.29, 1.82) is 0 Å². The zero-order valence-electron chi connectivity index (χ0n) is 9.18. The summed E-state index contributed by atoms with van der Waals surface area (Å²) in [7, 11) is 0. The molecule has 2 aromatic rings. The van der Waals surface area contributed by atoms with Crippen molar-refractivity contribution >= 4 is 28.6 Å². The fourth-order valence-corrected chi connectivity index (χ4v) is 2.15. The Hall–Kier alpha value is -1.51. The van der Waals surface area contributed by atoms with Crippen LogP contribution in [0, 0.1) is 17.4 Å². The molecular formula is C10H9IN4O2. The first kappa shape index (κ1) is 12.0. The molecule has 0 atom stereocenters. The molecular weight excluding hydrogens is 335 g/mol. The second-order valence-corrected chi connectivity index (χ2v) is 4.62. The minimum atomic E-state index is -0.977. The molecule has 0 fully saturated rings. The molecule has 7 heteroatoms. The van der Waals surface area contributed by atoms with E-state index in [-0.39, 0.29) is 5.56 Å². The summed E-state index contributed by atoms with van der Waals surface area (Å²) in [5.41, 5.74) is 1.26. The summed E-state index contributed by atoms with van der Waals surface area (Å²) in [6, 6.07) is 0. The van der Waals surface area contributed by atoms with Crippen LogP contribution in [0.15, 0.2) is 12.5 Å². The lowest BCUT2D eigenvalue weighted by Crippen LogP contribution is -2.06. The molecule has 0 saturated heterocycles. The second kappa shape index (κ2) is 4.40. The van der Waals surface area contributed by atoms with Gasteiger partial charge in [0.05, 0.1) is 15.0 Å². The van der Waals surface area contributed by atoms with Gasteiger partial charge >= 0.3 is 5.97 Å². The van der Waals surface area contributed by atoms with Crippen LogP contribution in [0.2, 0.25) is 0 Å². The highest BCUT2D eigenvalue weighted by atomic mass is 127. The number of carboxylic acid groups (broad SMARTS) is 1. The fraction of sp³-hybridized carbons (Fsp3) is 0.200. The molecule has 0 aromatic carbocycles. The van der Waals surface area contributed by atoms with Crippen LogP contribution < -0.4 is 0 Å². The van der Waals surface area contributed by atoms with Crippen molar-refractivity contribution in [2.24, 2.45) is 0 Å². The van der Waals surface area contributed by atoms with Gasteiger partial charge in [0.15, 0.2) is 5.82 Å². The van der Waals surface area contributed by atoms with E-state index in [9.17, 15) is 4.79 Å². The fourth-order valence-electron chi connectivity index (χ4n) is 1.62. The first-order valence-corrected chi connectivity index (χ1v) is 5.85. The van der Waals surface area contributed by atoms with E-state index >= 15 is 0 Å². The molecule has 6 nitrogen and oxygen atoms in total. The van der Waals surface area contributed by atoms with E-state index in [1.54, 1.807) is 20.0 Å². The van der Waals surface area contributed by atoms with Crippen LogP contribution in [0.5, 0.6) is 0 Å². The van der Waals surface area contributed by atoms with E-state index < -0.39 is 5.97 Å². The topological polar surface area (TPSA) is 80.9 Å². The lowest BCUT2D eigenvalue weighted by atomic mass is 10.2. The van der Waals surface area contributed by atoms with E-state index in [0.29, 0.717) is 17.2 Å². The van der Waals surface area contributed by atoms with Gasteiger partial charge in [-0.2, -0.15) is 5.10 Å². The molecule has 0 aliphatic rings. The molecule has 0 bridgehead atoms. The molecule has 0 amide bonds. The Bertz CT molecular complexity index is 594. The molecule has 2 heterocycles. The van der Waals surface area contributed by atoms with Crippen molar-refractivity contribution in [3.05, 3.63) is 33.0 Å². The summed E-state index contributed by atoms with van der Waals surface area (Å²) in [4.78, 5) is 19.1. The Morgan fingerprint density at radius 3 is 2.71 bits per heavy atom. The molecule has 88 valence electrons. The molecule has 1 N–H and O–H groups in total. The van der Waals surface area contributed by atoms with Gasteiger partial charge in [0.1, 0.15) is 11.9 Å². The number of hydrogen-bond acceptors (Lipinski definition) is 4. The normalized spacial score (nSPS) is 10.5. The van der Waals surface area contributed by atoms with Gasteiger partial charge in [-0.1, -0.05) is 0 Å². The predicted octanol–water partition coefficient (Wildman–Crippen LogP) is 1.58. The minimum absolute atomic E-state index is 0.222. The molecule has 0 unspecified atom stereocenters. The molecule has 17 heavy (non-hydrogen) atoms. The molecule has 2 rings (SSSR count). The highest BCUT2D eigenvalue weighted by molar-refractivity contribution is 14.1. The van der Waals surface area contributed by atoms with E-state index in [1.807, 2.05) is 0 Å². The second-order valence-electron chi connectivity index (χ2n) is 3.46. The van der Waals surface area contributed by atoms with Gasteiger partial charge in [-0.05, 0) is 36.4 Å². The monoisotopic (exact) mass is 344 g/mol. The van der Waals surface area contributed by atoms with Gasteiger partial charge < -0.3 is 5.11 Å². The first-order valence-electron chi connectivity index (χ1n) is 4.77. The smallest absolute Gasteiger partial charge is 0.339 e. The van der Waals surface area contributed by atoms with Crippen LogP contribution in [-0.4, -0.2) is 30.8 Å². The summed E-state index contributed by atoms with van der Waals surface area (Å²) >= 11 is 2.09. The number of rotatable bonds is 2. The van der Waals surface area contributed by atoms with E-state index in [2.05, 4.69) is 37.7 Å². The summed E-state index contributed by atoms with van der Waals surface area (Å²) in [5.74, 6) is -0.385. The van der Waals surface area contributed by atoms with Gasteiger partial charge in [-0.25, -0.2) is 19.4 Å². The number of aromatic nitrogens is 4. The van der Waals surface area contributed by atoms with Gasteiger partial charge in [0.25, 0.3) is 0 Å². The Morgan fingerprint density at radius 2 is 2.18 bits per heavy atom. The van der Waals surface area contributed by atoms with Crippen molar-refractivity contribution in [3.8, 4) is 5.82 Å². The Kier molecular flexibility index (Phi) is 3.09. The van der Waals surface area contributed by atoms with Crippen molar-refractivity contribution in [1.82, 2.24) is 19.7 Å². The van der Waals surface area contributed by atoms with Crippen LogP contribution in [0.25, 0.3) is 5.82 Å². The third kappa shape index (κ3) is 2.02. The van der Waals surface area contributed by atoms with Gasteiger partial charge in [0.2, 0.25) is 0 Å². The molecule has 0 saturated carbocycles. The minimum Gasteiger partial charge on any atom is -0.478 e. The standard InChI is InChI=1S/C10H9IN4O2/c1-5-8(10(16)17)6(2)15(14-5)9-7(11)3-12-4-13-9/h3-4H,1-2H3,(H,16,17). The van der Waals surface area contributed by atoms with Crippen LogP contribution in [0.4, 0.5) is 0 Å². The Morgan fingerprint density at radius 1 is 1.47 bits per heavy atom. The molecule has 2 aromatic heterocycles. The number of aromatic carboxylic acids is 1. The van der Waals surface area contributed by atoms with Gasteiger partial charge in [0, 0.05) is 6.20 Å². The first-order chi connectivity index (χ1) is 8.02. The van der Waals surface area contributed by atoms with Crippen LogP contribution in [-0.2, 0) is 0 Å². The maximum Gasteiger partial charge on any atom is 0.339 e. The molecule has 0 radical (unpaired) electrons. The lowest BCUT2D eigenvalue weighted by Gasteiger charge is -2.04. The molecule has 0 spiro atoms. The van der Waals surface area contributed by atoms with Crippen LogP contribution in [0.1, 0.15) is 21.7 Å². The van der Waals surface area contributed by atoms with Crippen LogP contribution in [0.3, 0.4) is 0 Å². The zero-order chi connectivity index (χ0) is 12.6. The van der Waals surface area contributed by atoms with Crippen molar-refractivity contribution in [3.63, 3.8) is 0 Å². The van der Waals surface area contributed by atoms with E-state index in [1.165, 1.54) is 11.0 Å². The SMILES string of the molecule is Cc1nn(-c2ncncc2I)c(C)c1C(=O)O. The summed E-state index contributed by atoms with van der Waals surface area (Å²) in [5, 5.41) is 13.3. The maximum atomic E-state index is 11.1. The Labute approximate surface area is 111 Å². The number of carboxylic acids is 1.